The molecule has 0 aromatic heterocycles. The van der Waals surface area contributed by atoms with Crippen LogP contribution in [0.5, 0.6) is 0 Å². The predicted octanol–water partition coefficient (Wildman–Crippen LogP) is 0.917. The third-order valence-electron chi connectivity index (χ3n) is 1.54. The zero-order valence-electron chi connectivity index (χ0n) is 5.96. The summed E-state index contributed by atoms with van der Waals surface area (Å²) in [4.78, 5) is 3.90. The first-order valence-corrected chi connectivity index (χ1v) is 3.26. The number of nitrogens with two attached hydrogens (primary N) is 1. The van der Waals surface area contributed by atoms with E-state index in [1.165, 1.54) is 0 Å². The summed E-state index contributed by atoms with van der Waals surface area (Å²) in [6.07, 6.45) is 4.05. The summed E-state index contributed by atoms with van der Waals surface area (Å²) in [5.74, 6) is 0.718. The molecule has 3 N–H and O–H groups in total. The lowest BCUT2D eigenvalue weighted by Crippen LogP contribution is -2.17. The standard InChI is InChI=1S/C7H11N3/c1-5-2-3-10-7(9)4-6(5)8/h2-3,5,8H,4H2,1H3,(H2,9,10). The Kier molecular flexibility index (Phi) is 1.85. The van der Waals surface area contributed by atoms with E-state index in [2.05, 4.69) is 4.99 Å². The van der Waals surface area contributed by atoms with E-state index >= 15 is 0 Å². The van der Waals surface area contributed by atoms with Crippen LogP contribution < -0.4 is 5.73 Å². The van der Waals surface area contributed by atoms with Gasteiger partial charge in [0.25, 0.3) is 0 Å². The van der Waals surface area contributed by atoms with Gasteiger partial charge in [-0.2, -0.15) is 0 Å². The lowest BCUT2D eigenvalue weighted by molar-refractivity contribution is 0.968. The fourth-order valence-electron chi connectivity index (χ4n) is 0.786. The Balaban J connectivity index is 2.76. The van der Waals surface area contributed by atoms with Crippen LogP contribution in [-0.2, 0) is 0 Å². The maximum atomic E-state index is 7.45. The Hall–Kier alpha value is -1.12. The number of amidine groups is 1. The van der Waals surface area contributed by atoms with Crippen molar-refractivity contribution in [3.05, 3.63) is 12.3 Å². The zero-order chi connectivity index (χ0) is 7.56. The zero-order valence-corrected chi connectivity index (χ0v) is 5.96. The van der Waals surface area contributed by atoms with Crippen LogP contribution in [0.4, 0.5) is 0 Å². The van der Waals surface area contributed by atoms with Crippen molar-refractivity contribution >= 4 is 11.5 Å². The smallest absolute Gasteiger partial charge is 0.105 e. The largest absolute Gasteiger partial charge is 0.387 e. The van der Waals surface area contributed by atoms with E-state index < -0.39 is 0 Å². The van der Waals surface area contributed by atoms with E-state index in [0.717, 1.165) is 0 Å². The van der Waals surface area contributed by atoms with Gasteiger partial charge in [-0.1, -0.05) is 13.0 Å². The highest BCUT2D eigenvalue weighted by Crippen LogP contribution is 2.06. The summed E-state index contributed by atoms with van der Waals surface area (Å²) >= 11 is 0. The van der Waals surface area contributed by atoms with Crippen LogP contribution in [0.1, 0.15) is 13.3 Å². The molecule has 0 aliphatic carbocycles. The molecule has 3 nitrogen and oxygen atoms in total. The second kappa shape index (κ2) is 2.64. The number of hydrogen-bond acceptors (Lipinski definition) is 3. The van der Waals surface area contributed by atoms with E-state index in [1.807, 2.05) is 13.0 Å². The maximum absolute atomic E-state index is 7.45. The summed E-state index contributed by atoms with van der Waals surface area (Å²) in [5.41, 5.74) is 6.08. The van der Waals surface area contributed by atoms with Crippen LogP contribution in [0.2, 0.25) is 0 Å². The van der Waals surface area contributed by atoms with Crippen molar-refractivity contribution in [2.24, 2.45) is 16.6 Å². The molecule has 54 valence electrons. The molecule has 0 spiro atoms. The van der Waals surface area contributed by atoms with E-state index in [0.29, 0.717) is 18.0 Å². The fourth-order valence-corrected chi connectivity index (χ4v) is 0.786. The maximum Gasteiger partial charge on any atom is 0.105 e. The van der Waals surface area contributed by atoms with Crippen LogP contribution in [0, 0.1) is 11.3 Å². The monoisotopic (exact) mass is 137 g/mol. The van der Waals surface area contributed by atoms with Crippen molar-refractivity contribution < 1.29 is 0 Å². The predicted molar refractivity (Wildman–Crippen MR) is 42.3 cm³/mol. The van der Waals surface area contributed by atoms with Gasteiger partial charge >= 0.3 is 0 Å². The Bertz CT molecular complexity index is 203. The first-order valence-electron chi connectivity index (χ1n) is 3.26. The molecule has 1 heterocycles. The number of rotatable bonds is 0. The number of aliphatic imine (C=N–C) groups is 1. The van der Waals surface area contributed by atoms with Gasteiger partial charge in [0.05, 0.1) is 0 Å². The molecule has 0 aromatic carbocycles. The van der Waals surface area contributed by atoms with Gasteiger partial charge in [0, 0.05) is 24.3 Å². The minimum atomic E-state index is 0.185. The van der Waals surface area contributed by atoms with Gasteiger partial charge < -0.3 is 11.1 Å². The molecule has 1 aliphatic heterocycles. The third-order valence-corrected chi connectivity index (χ3v) is 1.54. The molecular weight excluding hydrogens is 126 g/mol. The third kappa shape index (κ3) is 1.43. The topological polar surface area (TPSA) is 62.2 Å². The van der Waals surface area contributed by atoms with Crippen molar-refractivity contribution in [2.75, 3.05) is 0 Å². The molecule has 0 aromatic rings. The summed E-state index contributed by atoms with van der Waals surface area (Å²) < 4.78 is 0. The Morgan fingerprint density at radius 2 is 2.50 bits per heavy atom. The molecule has 1 atom stereocenters. The van der Waals surface area contributed by atoms with Gasteiger partial charge in [0.1, 0.15) is 5.84 Å². The normalized spacial score (nSPS) is 25.9. The summed E-state index contributed by atoms with van der Waals surface area (Å²) in [6.45, 7) is 1.97. The quantitative estimate of drug-likeness (QED) is 0.512. The molecule has 1 rings (SSSR count). The molecule has 0 fully saturated rings. The highest BCUT2D eigenvalue weighted by atomic mass is 14.8. The SMILES string of the molecule is CC1C=CN=C(N)CC1=N. The Labute approximate surface area is 60.2 Å². The minimum Gasteiger partial charge on any atom is -0.387 e. The van der Waals surface area contributed by atoms with Gasteiger partial charge in [-0.25, -0.2) is 4.99 Å². The first-order chi connectivity index (χ1) is 4.70. The Morgan fingerprint density at radius 3 is 3.20 bits per heavy atom. The van der Waals surface area contributed by atoms with Gasteiger partial charge in [-0.15, -0.1) is 0 Å². The van der Waals surface area contributed by atoms with Gasteiger partial charge in [0.15, 0.2) is 0 Å². The molecule has 0 saturated heterocycles. The van der Waals surface area contributed by atoms with E-state index in [-0.39, 0.29) is 5.92 Å². The number of nitrogens with zero attached hydrogens (tertiary/aromatic N) is 1. The van der Waals surface area contributed by atoms with Crippen molar-refractivity contribution in [2.45, 2.75) is 13.3 Å². The lowest BCUT2D eigenvalue weighted by Gasteiger charge is -2.03. The van der Waals surface area contributed by atoms with Crippen molar-refractivity contribution in [3.63, 3.8) is 0 Å². The molecule has 10 heavy (non-hydrogen) atoms. The first kappa shape index (κ1) is 6.99. The van der Waals surface area contributed by atoms with Crippen LogP contribution in [0.25, 0.3) is 0 Å². The van der Waals surface area contributed by atoms with E-state index in [9.17, 15) is 0 Å². The van der Waals surface area contributed by atoms with Crippen molar-refractivity contribution in [1.82, 2.24) is 0 Å². The van der Waals surface area contributed by atoms with Crippen LogP contribution >= 0.6 is 0 Å². The van der Waals surface area contributed by atoms with E-state index in [1.54, 1.807) is 6.20 Å². The molecule has 3 heteroatoms. The number of nitrogens with one attached hydrogen (secondary N) is 1. The molecule has 1 aliphatic rings. The Morgan fingerprint density at radius 1 is 1.80 bits per heavy atom. The average molecular weight is 137 g/mol. The average Bonchev–Trinajstić information content (AvgIpc) is 1.96. The van der Waals surface area contributed by atoms with Crippen LogP contribution in [0.3, 0.4) is 0 Å². The second-order valence-corrected chi connectivity index (χ2v) is 2.45. The number of allylic oxidation sites excluding steroid dienone is 1. The summed E-state index contributed by atoms with van der Waals surface area (Å²) in [7, 11) is 0. The minimum absolute atomic E-state index is 0.185. The molecule has 0 amide bonds. The highest BCUT2D eigenvalue weighted by Gasteiger charge is 2.08. The van der Waals surface area contributed by atoms with Crippen LogP contribution in [0.15, 0.2) is 17.3 Å². The van der Waals surface area contributed by atoms with Crippen molar-refractivity contribution in [3.8, 4) is 0 Å². The van der Waals surface area contributed by atoms with Gasteiger partial charge in [-0.05, 0) is 0 Å². The van der Waals surface area contributed by atoms with Gasteiger partial charge in [-0.3, -0.25) is 0 Å². The summed E-state index contributed by atoms with van der Waals surface area (Å²) in [5, 5.41) is 7.45. The van der Waals surface area contributed by atoms with E-state index in [4.69, 9.17) is 11.1 Å². The number of hydrogen-bond donors (Lipinski definition) is 2. The fraction of sp³-hybridized carbons (Fsp3) is 0.429. The van der Waals surface area contributed by atoms with Crippen molar-refractivity contribution in [1.29, 1.82) is 5.41 Å². The molecular formula is C7H11N3. The van der Waals surface area contributed by atoms with Crippen LogP contribution in [-0.4, -0.2) is 11.5 Å². The lowest BCUT2D eigenvalue weighted by atomic mass is 10.0. The highest BCUT2D eigenvalue weighted by molar-refractivity contribution is 6.03. The summed E-state index contributed by atoms with van der Waals surface area (Å²) in [6, 6.07) is 0. The molecule has 1 unspecified atom stereocenters. The molecule has 0 bridgehead atoms. The molecule has 0 radical (unpaired) electrons. The second-order valence-electron chi connectivity index (χ2n) is 2.45. The molecule has 0 saturated carbocycles. The van der Waals surface area contributed by atoms with Gasteiger partial charge in [0.2, 0.25) is 0 Å².